The summed E-state index contributed by atoms with van der Waals surface area (Å²) in [6, 6.07) is 16.8. The number of aliphatic hydroxyl groups excluding tert-OH is 1. The second-order valence-corrected chi connectivity index (χ2v) is 8.73. The molecule has 1 N–H and O–H groups in total. The zero-order chi connectivity index (χ0) is 19.1. The van der Waals surface area contributed by atoms with Crippen molar-refractivity contribution in [3.8, 4) is 11.1 Å². The molecule has 1 heterocycles. The smallest absolute Gasteiger partial charge is 0.409 e. The summed E-state index contributed by atoms with van der Waals surface area (Å²) in [5, 5.41) is 9.97. The van der Waals surface area contributed by atoms with Gasteiger partial charge in [0.05, 0.1) is 6.10 Å². The van der Waals surface area contributed by atoms with Crippen molar-refractivity contribution in [1.82, 2.24) is 4.90 Å². The van der Waals surface area contributed by atoms with E-state index in [-0.39, 0.29) is 23.5 Å². The normalized spacial score (nSPS) is 26.3. The molecule has 0 aromatic heterocycles. The van der Waals surface area contributed by atoms with Gasteiger partial charge in [-0.1, -0.05) is 48.5 Å². The van der Waals surface area contributed by atoms with E-state index in [4.69, 9.17) is 4.74 Å². The number of amides is 1. The Morgan fingerprint density at radius 1 is 1.07 bits per heavy atom. The molecule has 1 amide bonds. The molecule has 1 saturated heterocycles. The van der Waals surface area contributed by atoms with E-state index in [2.05, 4.69) is 48.5 Å². The minimum atomic E-state index is -0.206. The Kier molecular flexibility index (Phi) is 4.39. The first-order valence-corrected chi connectivity index (χ1v) is 10.4. The summed E-state index contributed by atoms with van der Waals surface area (Å²) in [6.07, 6.45) is 4.39. The minimum absolute atomic E-state index is 0.100. The number of carbonyl (C=O) groups is 1. The number of fused-ring (bicyclic) bond motifs is 3. The molecule has 5 rings (SSSR count). The summed E-state index contributed by atoms with van der Waals surface area (Å²) in [6.45, 7) is 1.86. The average Bonchev–Trinajstić information content (AvgIpc) is 3.24. The summed E-state index contributed by atoms with van der Waals surface area (Å²) in [4.78, 5) is 14.7. The van der Waals surface area contributed by atoms with E-state index in [9.17, 15) is 9.90 Å². The first kappa shape index (κ1) is 17.7. The van der Waals surface area contributed by atoms with Gasteiger partial charge in [-0.3, -0.25) is 0 Å². The number of rotatable bonds is 2. The van der Waals surface area contributed by atoms with Gasteiger partial charge < -0.3 is 14.7 Å². The van der Waals surface area contributed by atoms with Crippen LogP contribution in [0.25, 0.3) is 11.1 Å². The second kappa shape index (κ2) is 6.93. The number of hydrogen-bond acceptors (Lipinski definition) is 3. The van der Waals surface area contributed by atoms with Crippen molar-refractivity contribution in [2.24, 2.45) is 5.41 Å². The first-order chi connectivity index (χ1) is 13.7. The minimum Gasteiger partial charge on any atom is -0.448 e. The topological polar surface area (TPSA) is 49.8 Å². The molecule has 0 bridgehead atoms. The van der Waals surface area contributed by atoms with Gasteiger partial charge in [0, 0.05) is 19.0 Å². The average molecular weight is 377 g/mol. The molecule has 2 aromatic rings. The molecule has 1 aliphatic heterocycles. The molecule has 2 unspecified atom stereocenters. The van der Waals surface area contributed by atoms with Gasteiger partial charge in [0.2, 0.25) is 0 Å². The van der Waals surface area contributed by atoms with E-state index in [0.29, 0.717) is 6.61 Å². The molecule has 0 radical (unpaired) electrons. The Balaban J connectivity index is 1.29. The fourth-order valence-electron chi connectivity index (χ4n) is 5.60. The van der Waals surface area contributed by atoms with Crippen LogP contribution in [0.15, 0.2) is 48.5 Å². The monoisotopic (exact) mass is 377 g/mol. The SMILES string of the molecule is O=C(OCC1c2ccccc2-c2ccccc21)N1CCCC2(CCC(O)C2)C1. The number of piperidine rings is 1. The molecule has 2 aromatic carbocycles. The molecule has 1 saturated carbocycles. The fourth-order valence-corrected chi connectivity index (χ4v) is 5.60. The predicted octanol–water partition coefficient (Wildman–Crippen LogP) is 4.56. The van der Waals surface area contributed by atoms with Crippen LogP contribution in [-0.4, -0.2) is 41.9 Å². The number of likely N-dealkylation sites (tertiary alicyclic amines) is 1. The molecule has 28 heavy (non-hydrogen) atoms. The van der Waals surface area contributed by atoms with Gasteiger partial charge in [-0.2, -0.15) is 0 Å². The highest BCUT2D eigenvalue weighted by Crippen LogP contribution is 2.46. The maximum Gasteiger partial charge on any atom is 0.409 e. The Labute approximate surface area is 166 Å². The number of nitrogens with zero attached hydrogens (tertiary/aromatic N) is 1. The van der Waals surface area contributed by atoms with Crippen molar-refractivity contribution in [3.05, 3.63) is 59.7 Å². The summed E-state index contributed by atoms with van der Waals surface area (Å²) in [7, 11) is 0. The van der Waals surface area contributed by atoms with E-state index < -0.39 is 0 Å². The highest BCUT2D eigenvalue weighted by atomic mass is 16.6. The van der Waals surface area contributed by atoms with Crippen molar-refractivity contribution in [2.75, 3.05) is 19.7 Å². The molecule has 3 aliphatic rings. The Bertz CT molecular complexity index is 845. The van der Waals surface area contributed by atoms with Crippen LogP contribution < -0.4 is 0 Å². The van der Waals surface area contributed by atoms with Crippen molar-refractivity contribution in [1.29, 1.82) is 0 Å². The van der Waals surface area contributed by atoms with Gasteiger partial charge in [0.25, 0.3) is 0 Å². The van der Waals surface area contributed by atoms with Crippen LogP contribution in [-0.2, 0) is 4.74 Å². The Morgan fingerprint density at radius 3 is 2.39 bits per heavy atom. The molecule has 4 nitrogen and oxygen atoms in total. The lowest BCUT2D eigenvalue weighted by Gasteiger charge is -2.40. The van der Waals surface area contributed by atoms with Crippen LogP contribution in [0, 0.1) is 5.41 Å². The lowest BCUT2D eigenvalue weighted by atomic mass is 9.78. The van der Waals surface area contributed by atoms with Gasteiger partial charge in [-0.15, -0.1) is 0 Å². The van der Waals surface area contributed by atoms with Crippen molar-refractivity contribution in [2.45, 2.75) is 44.1 Å². The predicted molar refractivity (Wildman–Crippen MR) is 108 cm³/mol. The summed E-state index contributed by atoms with van der Waals surface area (Å²) >= 11 is 0. The van der Waals surface area contributed by atoms with Crippen LogP contribution in [0.1, 0.15) is 49.1 Å². The van der Waals surface area contributed by atoms with E-state index in [1.165, 1.54) is 22.3 Å². The van der Waals surface area contributed by atoms with Gasteiger partial charge >= 0.3 is 6.09 Å². The zero-order valence-corrected chi connectivity index (χ0v) is 16.1. The van der Waals surface area contributed by atoms with Crippen molar-refractivity contribution in [3.63, 3.8) is 0 Å². The largest absolute Gasteiger partial charge is 0.448 e. The third-order valence-electron chi connectivity index (χ3n) is 6.93. The fraction of sp³-hybridized carbons (Fsp3) is 0.458. The Morgan fingerprint density at radius 2 is 1.75 bits per heavy atom. The van der Waals surface area contributed by atoms with Crippen molar-refractivity contribution >= 4 is 6.09 Å². The third kappa shape index (κ3) is 3.00. The molecular weight excluding hydrogens is 350 g/mol. The van der Waals surface area contributed by atoms with Crippen LogP contribution in [0.2, 0.25) is 0 Å². The third-order valence-corrected chi connectivity index (χ3v) is 6.93. The number of benzene rings is 2. The van der Waals surface area contributed by atoms with Crippen molar-refractivity contribution < 1.29 is 14.6 Å². The van der Waals surface area contributed by atoms with Crippen LogP contribution >= 0.6 is 0 Å². The lowest BCUT2D eigenvalue weighted by molar-refractivity contribution is 0.0491. The quantitative estimate of drug-likeness (QED) is 0.834. The Hall–Kier alpha value is -2.33. The molecule has 146 valence electrons. The van der Waals surface area contributed by atoms with E-state index in [0.717, 1.165) is 45.2 Å². The molecule has 2 fully saturated rings. The number of hydrogen-bond donors (Lipinski definition) is 1. The zero-order valence-electron chi connectivity index (χ0n) is 16.1. The molecule has 2 atom stereocenters. The second-order valence-electron chi connectivity index (χ2n) is 8.73. The van der Waals surface area contributed by atoms with Gasteiger partial charge in [0.1, 0.15) is 6.61 Å². The standard InChI is InChI=1S/C24H27NO3/c26-17-10-12-24(14-17)11-5-13-25(16-24)23(27)28-15-22-20-8-3-1-6-18(20)19-7-2-4-9-21(19)22/h1-4,6-9,17,22,26H,5,10-16H2. The molecule has 1 spiro atoms. The van der Waals surface area contributed by atoms with Crippen LogP contribution in [0.4, 0.5) is 4.79 Å². The maximum atomic E-state index is 12.8. The number of carbonyl (C=O) groups excluding carboxylic acids is 1. The first-order valence-electron chi connectivity index (χ1n) is 10.4. The lowest BCUT2D eigenvalue weighted by Crippen LogP contribution is -2.45. The summed E-state index contributed by atoms with van der Waals surface area (Å²) in [5.41, 5.74) is 5.08. The number of ether oxygens (including phenoxy) is 1. The van der Waals surface area contributed by atoms with Gasteiger partial charge in [-0.05, 0) is 59.8 Å². The van der Waals surface area contributed by atoms with E-state index in [1.54, 1.807) is 0 Å². The molecular formula is C24H27NO3. The summed E-state index contributed by atoms with van der Waals surface area (Å²) in [5.74, 6) is 0.100. The van der Waals surface area contributed by atoms with E-state index in [1.807, 2.05) is 4.90 Å². The summed E-state index contributed by atoms with van der Waals surface area (Å²) < 4.78 is 5.83. The van der Waals surface area contributed by atoms with Crippen LogP contribution in [0.5, 0.6) is 0 Å². The molecule has 2 aliphatic carbocycles. The molecule has 4 heteroatoms. The highest BCUT2D eigenvalue weighted by Gasteiger charge is 2.43. The van der Waals surface area contributed by atoms with Gasteiger partial charge in [-0.25, -0.2) is 4.79 Å². The number of aliphatic hydroxyl groups is 1. The highest BCUT2D eigenvalue weighted by molar-refractivity contribution is 5.79. The van der Waals surface area contributed by atoms with Crippen LogP contribution in [0.3, 0.4) is 0 Å². The van der Waals surface area contributed by atoms with Gasteiger partial charge in [0.15, 0.2) is 0 Å². The maximum absolute atomic E-state index is 12.8. The van der Waals surface area contributed by atoms with E-state index >= 15 is 0 Å².